The maximum absolute atomic E-state index is 12.0. The first kappa shape index (κ1) is 12.7. The van der Waals surface area contributed by atoms with Crippen LogP contribution >= 0.6 is 15.9 Å². The minimum Gasteiger partial charge on any atom is -0.398 e. The molecule has 0 unspecified atom stereocenters. The molecule has 6 heteroatoms. The van der Waals surface area contributed by atoms with E-state index in [1.54, 1.807) is 18.2 Å². The van der Waals surface area contributed by atoms with Crippen molar-refractivity contribution in [1.82, 2.24) is 0 Å². The molecular weight excluding hydrogens is 304 g/mol. The van der Waals surface area contributed by atoms with Crippen LogP contribution in [0.3, 0.4) is 0 Å². The molecule has 0 spiro atoms. The van der Waals surface area contributed by atoms with E-state index in [1.165, 1.54) is 0 Å². The molecule has 1 aromatic carbocycles. The van der Waals surface area contributed by atoms with E-state index in [2.05, 4.69) is 20.7 Å². The third kappa shape index (κ3) is 2.93. The molecule has 1 aliphatic rings. The highest BCUT2D eigenvalue weighted by molar-refractivity contribution is 9.10. The van der Waals surface area contributed by atoms with Crippen molar-refractivity contribution in [2.45, 2.75) is 30.9 Å². The van der Waals surface area contributed by atoms with Gasteiger partial charge in [0.1, 0.15) is 0 Å². The average Bonchev–Trinajstić information content (AvgIpc) is 2.77. The van der Waals surface area contributed by atoms with Gasteiger partial charge in [0.05, 0.1) is 5.25 Å². The minimum atomic E-state index is -3.25. The molecule has 1 fully saturated rings. The highest BCUT2D eigenvalue weighted by Crippen LogP contribution is 2.28. The smallest absolute Gasteiger partial charge is 0.235 e. The first-order valence-corrected chi connectivity index (χ1v) is 7.89. The molecule has 0 radical (unpaired) electrons. The predicted molar refractivity (Wildman–Crippen MR) is 73.4 cm³/mol. The van der Waals surface area contributed by atoms with E-state index in [9.17, 15) is 8.42 Å². The van der Waals surface area contributed by atoms with Crippen LogP contribution in [0.25, 0.3) is 0 Å². The average molecular weight is 319 g/mol. The summed E-state index contributed by atoms with van der Waals surface area (Å²) in [4.78, 5) is 0. The first-order valence-electron chi connectivity index (χ1n) is 5.56. The lowest BCUT2D eigenvalue weighted by Gasteiger charge is -2.13. The van der Waals surface area contributed by atoms with Crippen LogP contribution in [0.5, 0.6) is 0 Å². The third-order valence-corrected chi connectivity index (χ3v) is 5.56. The molecule has 1 aromatic rings. The molecule has 4 nitrogen and oxygen atoms in total. The van der Waals surface area contributed by atoms with Gasteiger partial charge in [-0.2, -0.15) is 0 Å². The maximum atomic E-state index is 12.0. The van der Waals surface area contributed by atoms with Gasteiger partial charge in [0.25, 0.3) is 0 Å². The Morgan fingerprint density at radius 2 is 1.94 bits per heavy atom. The van der Waals surface area contributed by atoms with Crippen molar-refractivity contribution in [2.24, 2.45) is 0 Å². The molecule has 2 rings (SSSR count). The van der Waals surface area contributed by atoms with Gasteiger partial charge in [-0.1, -0.05) is 12.8 Å². The van der Waals surface area contributed by atoms with E-state index in [0.717, 1.165) is 25.7 Å². The molecule has 0 aliphatic heterocycles. The van der Waals surface area contributed by atoms with Crippen LogP contribution in [0.4, 0.5) is 11.4 Å². The van der Waals surface area contributed by atoms with Crippen molar-refractivity contribution in [3.63, 3.8) is 0 Å². The van der Waals surface area contributed by atoms with Crippen molar-refractivity contribution in [3.8, 4) is 0 Å². The van der Waals surface area contributed by atoms with Crippen LogP contribution in [0.15, 0.2) is 22.7 Å². The number of nitrogens with one attached hydrogen (secondary N) is 1. The summed E-state index contributed by atoms with van der Waals surface area (Å²) in [6, 6.07) is 5.03. The minimum absolute atomic E-state index is 0.251. The Labute approximate surface area is 110 Å². The summed E-state index contributed by atoms with van der Waals surface area (Å²) >= 11 is 3.28. The van der Waals surface area contributed by atoms with Crippen LogP contribution in [-0.2, 0) is 10.0 Å². The van der Waals surface area contributed by atoms with Gasteiger partial charge < -0.3 is 5.73 Å². The zero-order valence-corrected chi connectivity index (χ0v) is 11.7. The molecule has 3 N–H and O–H groups in total. The summed E-state index contributed by atoms with van der Waals surface area (Å²) < 4.78 is 27.4. The second kappa shape index (κ2) is 4.86. The highest BCUT2D eigenvalue weighted by atomic mass is 79.9. The molecule has 0 atom stereocenters. The molecule has 1 saturated carbocycles. The van der Waals surface area contributed by atoms with E-state index in [-0.39, 0.29) is 5.25 Å². The Morgan fingerprint density at radius 3 is 2.53 bits per heavy atom. The fourth-order valence-electron chi connectivity index (χ4n) is 2.04. The van der Waals surface area contributed by atoms with Crippen LogP contribution in [0.2, 0.25) is 0 Å². The van der Waals surface area contributed by atoms with E-state index >= 15 is 0 Å². The summed E-state index contributed by atoms with van der Waals surface area (Å²) in [5, 5.41) is -0.251. The molecule has 0 heterocycles. The van der Waals surface area contributed by atoms with Gasteiger partial charge in [-0.3, -0.25) is 4.72 Å². The molecule has 1 aliphatic carbocycles. The van der Waals surface area contributed by atoms with Gasteiger partial charge in [0.2, 0.25) is 10.0 Å². The largest absolute Gasteiger partial charge is 0.398 e. The Hall–Kier alpha value is -0.750. The lowest BCUT2D eigenvalue weighted by atomic mass is 10.3. The standard InChI is InChI=1S/C11H15BrN2O2S/c12-10-7-8(5-6-11(10)13)14-17(15,16)9-3-1-2-4-9/h5-7,9,14H,1-4,13H2. The number of benzene rings is 1. The summed E-state index contributed by atoms with van der Waals surface area (Å²) in [6.45, 7) is 0. The van der Waals surface area contributed by atoms with Crippen LogP contribution < -0.4 is 10.5 Å². The molecule has 94 valence electrons. The van der Waals surface area contributed by atoms with Gasteiger partial charge in [0.15, 0.2) is 0 Å². The number of halogens is 1. The van der Waals surface area contributed by atoms with Gasteiger partial charge in [0, 0.05) is 15.8 Å². The number of hydrogen-bond acceptors (Lipinski definition) is 3. The SMILES string of the molecule is Nc1ccc(NS(=O)(=O)C2CCCC2)cc1Br. The molecule has 0 bridgehead atoms. The number of nitrogens with two attached hydrogens (primary N) is 1. The van der Waals surface area contributed by atoms with Crippen molar-refractivity contribution in [1.29, 1.82) is 0 Å². The Morgan fingerprint density at radius 1 is 1.29 bits per heavy atom. The third-order valence-electron chi connectivity index (χ3n) is 3.00. The number of anilines is 2. The second-order valence-corrected chi connectivity index (χ2v) is 7.10. The van der Waals surface area contributed by atoms with Crippen molar-refractivity contribution >= 4 is 37.3 Å². The topological polar surface area (TPSA) is 72.2 Å². The molecule has 0 aromatic heterocycles. The fraction of sp³-hybridized carbons (Fsp3) is 0.455. The van der Waals surface area contributed by atoms with Crippen molar-refractivity contribution < 1.29 is 8.42 Å². The summed E-state index contributed by atoms with van der Waals surface area (Å²) in [7, 11) is -3.25. The molecule has 17 heavy (non-hydrogen) atoms. The van der Waals surface area contributed by atoms with E-state index in [1.807, 2.05) is 0 Å². The Bertz CT molecular complexity index is 510. The van der Waals surface area contributed by atoms with Crippen LogP contribution in [-0.4, -0.2) is 13.7 Å². The van der Waals surface area contributed by atoms with E-state index in [0.29, 0.717) is 15.8 Å². The molecular formula is C11H15BrN2O2S. The van der Waals surface area contributed by atoms with E-state index < -0.39 is 10.0 Å². The predicted octanol–water partition coefficient (Wildman–Crippen LogP) is 2.72. The summed E-state index contributed by atoms with van der Waals surface area (Å²) in [5.74, 6) is 0. The van der Waals surface area contributed by atoms with Crippen molar-refractivity contribution in [3.05, 3.63) is 22.7 Å². The lowest BCUT2D eigenvalue weighted by Crippen LogP contribution is -2.25. The zero-order valence-electron chi connectivity index (χ0n) is 9.32. The number of hydrogen-bond donors (Lipinski definition) is 2. The van der Waals surface area contributed by atoms with Gasteiger partial charge >= 0.3 is 0 Å². The van der Waals surface area contributed by atoms with E-state index in [4.69, 9.17) is 5.73 Å². The first-order chi connectivity index (χ1) is 7.99. The maximum Gasteiger partial charge on any atom is 0.235 e. The van der Waals surface area contributed by atoms with Crippen molar-refractivity contribution in [2.75, 3.05) is 10.5 Å². The summed E-state index contributed by atoms with van der Waals surface area (Å²) in [5.41, 5.74) is 6.80. The monoisotopic (exact) mass is 318 g/mol. The van der Waals surface area contributed by atoms with Gasteiger partial charge in [-0.25, -0.2) is 8.42 Å². The van der Waals surface area contributed by atoms with Gasteiger partial charge in [-0.15, -0.1) is 0 Å². The lowest BCUT2D eigenvalue weighted by molar-refractivity contribution is 0.585. The molecule has 0 saturated heterocycles. The Balaban J connectivity index is 2.17. The summed E-state index contributed by atoms with van der Waals surface area (Å²) in [6.07, 6.45) is 3.50. The number of sulfonamides is 1. The highest BCUT2D eigenvalue weighted by Gasteiger charge is 2.28. The normalized spacial score (nSPS) is 17.2. The van der Waals surface area contributed by atoms with Crippen LogP contribution in [0.1, 0.15) is 25.7 Å². The molecule has 0 amide bonds. The quantitative estimate of drug-likeness (QED) is 0.842. The van der Waals surface area contributed by atoms with Gasteiger partial charge in [-0.05, 0) is 47.0 Å². The van der Waals surface area contributed by atoms with Crippen LogP contribution in [0, 0.1) is 0 Å². The number of nitrogen functional groups attached to an aromatic ring is 1. The second-order valence-electron chi connectivity index (χ2n) is 4.29. The Kier molecular flexibility index (Phi) is 3.63. The number of rotatable bonds is 3. The zero-order chi connectivity index (χ0) is 12.5. The fourth-order valence-corrected chi connectivity index (χ4v) is 3.99.